The SMILES string of the molecule is CC/C=C/C/C=C/C/C=C/C/C=C/C/C=C/CCCCCC(=O)OC(COCCC(C(=O)O)[N+](C)(C)C)COC(=O)CCCCCCCCC/C=C/C/C=C/C/C=C/C/C=C/CC. The molecule has 2 atom stereocenters. The van der Waals surface area contributed by atoms with Gasteiger partial charge in [-0.25, -0.2) is 4.79 Å². The summed E-state index contributed by atoms with van der Waals surface area (Å²) in [5.41, 5.74) is 0. The molecule has 2 unspecified atom stereocenters. The van der Waals surface area contributed by atoms with Crippen molar-refractivity contribution in [2.75, 3.05) is 41.0 Å². The van der Waals surface area contributed by atoms with Crippen molar-refractivity contribution in [3.8, 4) is 0 Å². The van der Waals surface area contributed by atoms with Crippen molar-refractivity contribution < 1.29 is 38.2 Å². The first-order valence-corrected chi connectivity index (χ1v) is 24.4. The molecule has 0 aromatic rings. The molecule has 0 spiro atoms. The number of carbonyl (C=O) groups excluding carboxylic acids is 2. The number of rotatable bonds is 42. The average Bonchev–Trinajstić information content (AvgIpc) is 3.24. The van der Waals surface area contributed by atoms with Gasteiger partial charge in [-0.2, -0.15) is 0 Å². The Morgan fingerprint density at radius 2 is 0.841 bits per heavy atom. The number of carbonyl (C=O) groups is 3. The lowest BCUT2D eigenvalue weighted by atomic mass is 10.1. The highest BCUT2D eigenvalue weighted by atomic mass is 16.6. The number of allylic oxidation sites excluding steroid dienone is 18. The smallest absolute Gasteiger partial charge is 0.362 e. The Labute approximate surface area is 385 Å². The maximum atomic E-state index is 12.8. The molecular weight excluding hydrogens is 787 g/mol. The number of likely N-dealkylation sites (N-methyl/N-ethyl adjacent to an activating group) is 1. The van der Waals surface area contributed by atoms with Crippen molar-refractivity contribution in [3.05, 3.63) is 109 Å². The van der Waals surface area contributed by atoms with Crippen molar-refractivity contribution in [1.82, 2.24) is 0 Å². The summed E-state index contributed by atoms with van der Waals surface area (Å²) < 4.78 is 17.3. The third-order valence-electron chi connectivity index (χ3n) is 10.2. The fraction of sp³-hybridized carbons (Fsp3) is 0.618. The summed E-state index contributed by atoms with van der Waals surface area (Å²) in [6.07, 6.45) is 61.3. The lowest BCUT2D eigenvalue weighted by molar-refractivity contribution is -0.887. The molecule has 1 N–H and O–H groups in total. The third-order valence-corrected chi connectivity index (χ3v) is 10.2. The van der Waals surface area contributed by atoms with Crippen LogP contribution in [0.25, 0.3) is 0 Å². The van der Waals surface area contributed by atoms with E-state index in [9.17, 15) is 19.5 Å². The van der Waals surface area contributed by atoms with Crippen molar-refractivity contribution in [2.45, 2.75) is 180 Å². The van der Waals surface area contributed by atoms with E-state index in [0.717, 1.165) is 103 Å². The fourth-order valence-electron chi connectivity index (χ4n) is 6.46. The first-order valence-electron chi connectivity index (χ1n) is 24.4. The second-order valence-electron chi connectivity index (χ2n) is 17.0. The molecule has 0 bridgehead atoms. The first-order chi connectivity index (χ1) is 30.6. The summed E-state index contributed by atoms with van der Waals surface area (Å²) in [5.74, 6) is -1.54. The van der Waals surface area contributed by atoms with Crippen molar-refractivity contribution in [1.29, 1.82) is 0 Å². The van der Waals surface area contributed by atoms with Gasteiger partial charge in [-0.1, -0.05) is 162 Å². The number of carboxylic acids is 1. The van der Waals surface area contributed by atoms with E-state index in [0.29, 0.717) is 19.3 Å². The molecule has 0 amide bonds. The van der Waals surface area contributed by atoms with Crippen LogP contribution in [0.1, 0.15) is 168 Å². The number of carboxylic acid groups (broad SMARTS) is 1. The molecule has 0 aliphatic rings. The third kappa shape index (κ3) is 43.0. The van der Waals surface area contributed by atoms with Gasteiger partial charge in [0.2, 0.25) is 0 Å². The van der Waals surface area contributed by atoms with E-state index in [1.165, 1.54) is 25.7 Å². The van der Waals surface area contributed by atoms with E-state index in [-0.39, 0.29) is 42.7 Å². The summed E-state index contributed by atoms with van der Waals surface area (Å²) in [7, 11) is 5.50. The van der Waals surface area contributed by atoms with Crippen LogP contribution in [0.5, 0.6) is 0 Å². The van der Waals surface area contributed by atoms with Crippen LogP contribution in [-0.2, 0) is 28.6 Å². The van der Waals surface area contributed by atoms with E-state index >= 15 is 0 Å². The van der Waals surface area contributed by atoms with Gasteiger partial charge in [0.05, 0.1) is 34.4 Å². The molecule has 8 nitrogen and oxygen atoms in total. The predicted molar refractivity (Wildman–Crippen MR) is 266 cm³/mol. The van der Waals surface area contributed by atoms with Gasteiger partial charge in [0.15, 0.2) is 12.1 Å². The quantitative estimate of drug-likeness (QED) is 0.0282. The number of quaternary nitrogens is 1. The lowest BCUT2D eigenvalue weighted by Gasteiger charge is -2.31. The van der Waals surface area contributed by atoms with Crippen LogP contribution in [0.4, 0.5) is 0 Å². The van der Waals surface area contributed by atoms with Gasteiger partial charge < -0.3 is 23.8 Å². The number of nitrogens with zero attached hydrogens (tertiary/aromatic N) is 1. The zero-order valence-electron chi connectivity index (χ0n) is 40.5. The maximum Gasteiger partial charge on any atom is 0.362 e. The second kappa shape index (κ2) is 44.6. The minimum Gasteiger partial charge on any atom is -0.477 e. The highest BCUT2D eigenvalue weighted by Crippen LogP contribution is 2.13. The Morgan fingerprint density at radius 1 is 0.476 bits per heavy atom. The van der Waals surface area contributed by atoms with Crippen LogP contribution in [-0.4, -0.2) is 80.6 Å². The molecule has 0 fully saturated rings. The molecule has 0 rings (SSSR count). The number of aliphatic carboxylic acids is 1. The Balaban J connectivity index is 4.39. The molecule has 0 saturated carbocycles. The summed E-state index contributed by atoms with van der Waals surface area (Å²) in [6, 6.07) is -0.630. The molecule has 0 aromatic heterocycles. The van der Waals surface area contributed by atoms with Gasteiger partial charge in [0.25, 0.3) is 0 Å². The molecule has 0 aromatic carbocycles. The van der Waals surface area contributed by atoms with Crippen LogP contribution in [0.2, 0.25) is 0 Å². The molecule has 8 heteroatoms. The van der Waals surface area contributed by atoms with Gasteiger partial charge in [-0.05, 0) is 96.3 Å². The lowest BCUT2D eigenvalue weighted by Crippen LogP contribution is -2.50. The Morgan fingerprint density at radius 3 is 1.25 bits per heavy atom. The highest BCUT2D eigenvalue weighted by Gasteiger charge is 2.31. The van der Waals surface area contributed by atoms with Gasteiger partial charge in [0.1, 0.15) is 6.61 Å². The molecule has 356 valence electrons. The maximum absolute atomic E-state index is 12.8. The number of hydrogen-bond donors (Lipinski definition) is 1. The monoisotopic (exact) mass is 877 g/mol. The summed E-state index contributed by atoms with van der Waals surface area (Å²) in [6.45, 7) is 4.45. The van der Waals surface area contributed by atoms with Gasteiger partial charge in [-0.3, -0.25) is 9.59 Å². The van der Waals surface area contributed by atoms with Crippen molar-refractivity contribution in [3.63, 3.8) is 0 Å². The molecule has 0 aliphatic carbocycles. The Kier molecular flexibility index (Phi) is 41.8. The van der Waals surface area contributed by atoms with Crippen LogP contribution >= 0.6 is 0 Å². The van der Waals surface area contributed by atoms with Crippen molar-refractivity contribution in [2.24, 2.45) is 0 Å². The van der Waals surface area contributed by atoms with Gasteiger partial charge >= 0.3 is 17.9 Å². The first kappa shape index (κ1) is 59.0. The number of unbranched alkanes of at least 4 members (excludes halogenated alkanes) is 10. The van der Waals surface area contributed by atoms with Crippen LogP contribution < -0.4 is 0 Å². The summed E-state index contributed by atoms with van der Waals surface area (Å²) in [4.78, 5) is 37.1. The fourth-order valence-corrected chi connectivity index (χ4v) is 6.46. The van der Waals surface area contributed by atoms with E-state index in [1.54, 1.807) is 0 Å². The molecule has 0 radical (unpaired) electrons. The van der Waals surface area contributed by atoms with E-state index in [1.807, 2.05) is 21.1 Å². The topological polar surface area (TPSA) is 99.1 Å². The minimum absolute atomic E-state index is 0.0366. The van der Waals surface area contributed by atoms with Crippen LogP contribution in [0.3, 0.4) is 0 Å². The Hall–Kier alpha value is -4.01. The average molecular weight is 877 g/mol. The zero-order chi connectivity index (χ0) is 46.3. The van der Waals surface area contributed by atoms with Crippen LogP contribution in [0, 0.1) is 0 Å². The summed E-state index contributed by atoms with van der Waals surface area (Å²) in [5, 5.41) is 9.65. The van der Waals surface area contributed by atoms with Gasteiger partial charge in [-0.15, -0.1) is 0 Å². The standard InChI is InChI=1S/C55H89NO7/c1-6-8-10-12-14-16-18-20-22-24-26-28-29-31-33-35-37-39-41-43-45-53(57)62-50-51(49-61-48-47-52(55(59)60)56(3,4)5)63-54(58)46-44-42-40-38-36-34-32-30-27-25-23-21-19-17-15-13-11-9-7-2/h8-11,14-17,20-23,26-28,30,34,36,51-52H,6-7,12-13,18-19,24-25,29,31-33,35,37-50H2,1-5H3/p+1/b10-8+,11-9+,16-14+,17-15+,22-20+,23-21+,28-26+,30-27+,36-34+. The highest BCUT2D eigenvalue weighted by molar-refractivity contribution is 5.72. The zero-order valence-corrected chi connectivity index (χ0v) is 40.5. The van der Waals surface area contributed by atoms with Gasteiger partial charge in [0, 0.05) is 19.3 Å². The molecule has 0 aliphatic heterocycles. The molecule has 0 saturated heterocycles. The summed E-state index contributed by atoms with van der Waals surface area (Å²) >= 11 is 0. The minimum atomic E-state index is -0.887. The number of hydrogen-bond acceptors (Lipinski definition) is 6. The number of ether oxygens (including phenoxy) is 3. The van der Waals surface area contributed by atoms with E-state index in [2.05, 4.69) is 123 Å². The predicted octanol–water partition coefficient (Wildman–Crippen LogP) is 14.0. The van der Waals surface area contributed by atoms with Crippen LogP contribution in [0.15, 0.2) is 109 Å². The largest absolute Gasteiger partial charge is 0.477 e. The van der Waals surface area contributed by atoms with E-state index in [4.69, 9.17) is 14.2 Å². The van der Waals surface area contributed by atoms with E-state index < -0.39 is 18.1 Å². The van der Waals surface area contributed by atoms with Crippen molar-refractivity contribution >= 4 is 17.9 Å². The second-order valence-corrected chi connectivity index (χ2v) is 17.0. The molecular formula is C55H90NO7+. The normalized spacial score (nSPS) is 13.9. The number of esters is 2. The molecule has 63 heavy (non-hydrogen) atoms. The molecule has 0 heterocycles. The Bertz CT molecular complexity index is 1390.